The van der Waals surface area contributed by atoms with Crippen molar-refractivity contribution in [3.63, 3.8) is 0 Å². The van der Waals surface area contributed by atoms with E-state index in [4.69, 9.17) is 17.3 Å². The van der Waals surface area contributed by atoms with Gasteiger partial charge in [0.2, 0.25) is 0 Å². The van der Waals surface area contributed by atoms with Crippen LogP contribution in [-0.2, 0) is 0 Å². The number of aromatic nitrogens is 2. The Morgan fingerprint density at radius 1 is 1.12 bits per heavy atom. The summed E-state index contributed by atoms with van der Waals surface area (Å²) in [5.41, 5.74) is 8.43. The summed E-state index contributed by atoms with van der Waals surface area (Å²) < 4.78 is 1.85. The molecule has 3 rings (SSSR count). The van der Waals surface area contributed by atoms with E-state index in [2.05, 4.69) is 5.10 Å². The molecule has 0 spiro atoms. The van der Waals surface area contributed by atoms with Gasteiger partial charge >= 0.3 is 0 Å². The average Bonchev–Trinajstić information content (AvgIpc) is 2.71. The van der Waals surface area contributed by atoms with E-state index >= 15 is 0 Å². The van der Waals surface area contributed by atoms with Crippen LogP contribution in [0.5, 0.6) is 0 Å². The summed E-state index contributed by atoms with van der Waals surface area (Å²) in [6.45, 7) is 0. The third kappa shape index (κ3) is 1.74. The average molecular weight is 244 g/mol. The van der Waals surface area contributed by atoms with Crippen LogP contribution < -0.4 is 5.73 Å². The van der Waals surface area contributed by atoms with Gasteiger partial charge in [-0.25, -0.2) is 4.68 Å². The van der Waals surface area contributed by atoms with Crippen molar-refractivity contribution in [2.45, 2.75) is 0 Å². The van der Waals surface area contributed by atoms with E-state index in [1.54, 1.807) is 6.20 Å². The highest BCUT2D eigenvalue weighted by Gasteiger charge is 2.05. The van der Waals surface area contributed by atoms with Gasteiger partial charge in [0.05, 0.1) is 17.4 Å². The first-order chi connectivity index (χ1) is 8.24. The van der Waals surface area contributed by atoms with Gasteiger partial charge in [-0.2, -0.15) is 5.10 Å². The van der Waals surface area contributed by atoms with E-state index in [1.165, 1.54) is 0 Å². The van der Waals surface area contributed by atoms with Crippen molar-refractivity contribution >= 4 is 28.2 Å². The second kappa shape index (κ2) is 3.79. The van der Waals surface area contributed by atoms with Crippen LogP contribution in [0.25, 0.3) is 16.6 Å². The zero-order valence-corrected chi connectivity index (χ0v) is 9.72. The largest absolute Gasteiger partial charge is 0.399 e. The maximum absolute atomic E-state index is 5.98. The van der Waals surface area contributed by atoms with E-state index in [1.807, 2.05) is 47.1 Å². The van der Waals surface area contributed by atoms with Crippen molar-refractivity contribution in [1.29, 1.82) is 0 Å². The standard InChI is InChI=1S/C13H10ClN3/c14-10-2-1-3-12(7-10)17-13-5-4-11(15)6-9(13)8-16-17/h1-8H,15H2. The number of nitrogens with two attached hydrogens (primary N) is 1. The topological polar surface area (TPSA) is 43.8 Å². The number of hydrogen-bond donors (Lipinski definition) is 1. The normalized spacial score (nSPS) is 10.9. The van der Waals surface area contributed by atoms with Gasteiger partial charge in [0.1, 0.15) is 0 Å². The van der Waals surface area contributed by atoms with Gasteiger partial charge in [0, 0.05) is 16.1 Å². The van der Waals surface area contributed by atoms with Crippen molar-refractivity contribution in [2.75, 3.05) is 5.73 Å². The minimum absolute atomic E-state index is 0.696. The summed E-state index contributed by atoms with van der Waals surface area (Å²) in [5.74, 6) is 0. The Bertz CT molecular complexity index is 688. The van der Waals surface area contributed by atoms with Crippen LogP contribution in [-0.4, -0.2) is 9.78 Å². The Labute approximate surface area is 103 Å². The van der Waals surface area contributed by atoms with Gasteiger partial charge in [-0.15, -0.1) is 0 Å². The molecule has 0 unspecified atom stereocenters. The summed E-state index contributed by atoms with van der Waals surface area (Å²) in [4.78, 5) is 0. The van der Waals surface area contributed by atoms with E-state index in [0.29, 0.717) is 5.02 Å². The maximum Gasteiger partial charge on any atom is 0.0742 e. The van der Waals surface area contributed by atoms with Crippen molar-refractivity contribution in [1.82, 2.24) is 9.78 Å². The van der Waals surface area contributed by atoms with E-state index in [0.717, 1.165) is 22.3 Å². The van der Waals surface area contributed by atoms with Crippen LogP contribution in [0.3, 0.4) is 0 Å². The lowest BCUT2D eigenvalue weighted by Gasteiger charge is -2.04. The summed E-state index contributed by atoms with van der Waals surface area (Å²) in [7, 11) is 0. The second-order valence-electron chi connectivity index (χ2n) is 3.85. The molecule has 84 valence electrons. The second-order valence-corrected chi connectivity index (χ2v) is 4.29. The fraction of sp³-hybridized carbons (Fsp3) is 0. The smallest absolute Gasteiger partial charge is 0.0742 e. The Morgan fingerprint density at radius 2 is 2.00 bits per heavy atom. The van der Waals surface area contributed by atoms with Crippen LogP contribution in [0.1, 0.15) is 0 Å². The molecule has 0 aliphatic carbocycles. The third-order valence-electron chi connectivity index (χ3n) is 2.64. The van der Waals surface area contributed by atoms with Gasteiger partial charge < -0.3 is 5.73 Å². The van der Waals surface area contributed by atoms with E-state index in [-0.39, 0.29) is 0 Å². The van der Waals surface area contributed by atoms with E-state index in [9.17, 15) is 0 Å². The molecule has 0 saturated heterocycles. The lowest BCUT2D eigenvalue weighted by atomic mass is 10.2. The van der Waals surface area contributed by atoms with Crippen LogP contribution >= 0.6 is 11.6 Å². The van der Waals surface area contributed by atoms with Crippen molar-refractivity contribution in [2.24, 2.45) is 0 Å². The summed E-state index contributed by atoms with van der Waals surface area (Å²) in [5, 5.41) is 6.06. The highest BCUT2D eigenvalue weighted by atomic mass is 35.5. The van der Waals surface area contributed by atoms with Gasteiger partial charge in [0.15, 0.2) is 0 Å². The maximum atomic E-state index is 5.98. The first-order valence-electron chi connectivity index (χ1n) is 5.23. The zero-order chi connectivity index (χ0) is 11.8. The first kappa shape index (κ1) is 10.2. The van der Waals surface area contributed by atoms with Crippen LogP contribution in [0.4, 0.5) is 5.69 Å². The molecule has 3 nitrogen and oxygen atoms in total. The quantitative estimate of drug-likeness (QED) is 0.667. The minimum atomic E-state index is 0.696. The molecule has 17 heavy (non-hydrogen) atoms. The molecule has 0 bridgehead atoms. The third-order valence-corrected chi connectivity index (χ3v) is 2.88. The van der Waals surface area contributed by atoms with Crippen LogP contribution in [0.2, 0.25) is 5.02 Å². The molecule has 2 N–H and O–H groups in total. The molecule has 0 fully saturated rings. The van der Waals surface area contributed by atoms with Gasteiger partial charge in [-0.3, -0.25) is 0 Å². The molecule has 1 heterocycles. The molecular formula is C13H10ClN3. The molecule has 0 saturated carbocycles. The summed E-state index contributed by atoms with van der Waals surface area (Å²) >= 11 is 5.98. The molecule has 3 aromatic rings. The highest BCUT2D eigenvalue weighted by molar-refractivity contribution is 6.30. The lowest BCUT2D eigenvalue weighted by molar-refractivity contribution is 0.911. The highest BCUT2D eigenvalue weighted by Crippen LogP contribution is 2.22. The fourth-order valence-electron chi connectivity index (χ4n) is 1.87. The number of anilines is 1. The Balaban J connectivity index is 2.24. The predicted molar refractivity (Wildman–Crippen MR) is 70.5 cm³/mol. The monoisotopic (exact) mass is 243 g/mol. The Kier molecular flexibility index (Phi) is 2.27. The van der Waals surface area contributed by atoms with Crippen molar-refractivity contribution in [3.05, 3.63) is 53.7 Å². The predicted octanol–water partition coefficient (Wildman–Crippen LogP) is 3.26. The molecule has 0 amide bonds. The SMILES string of the molecule is Nc1ccc2c(cnn2-c2cccc(Cl)c2)c1. The van der Waals surface area contributed by atoms with Gasteiger partial charge in [-0.05, 0) is 36.4 Å². The minimum Gasteiger partial charge on any atom is -0.399 e. The fourth-order valence-corrected chi connectivity index (χ4v) is 2.05. The summed E-state index contributed by atoms with van der Waals surface area (Å²) in [6, 6.07) is 13.3. The van der Waals surface area contributed by atoms with Crippen molar-refractivity contribution in [3.8, 4) is 5.69 Å². The van der Waals surface area contributed by atoms with Gasteiger partial charge in [-0.1, -0.05) is 17.7 Å². The Hall–Kier alpha value is -2.00. The number of fused-ring (bicyclic) bond motifs is 1. The molecule has 0 atom stereocenters. The first-order valence-corrected chi connectivity index (χ1v) is 5.61. The number of hydrogen-bond acceptors (Lipinski definition) is 2. The molecular weight excluding hydrogens is 234 g/mol. The molecule has 1 aromatic heterocycles. The molecule has 2 aromatic carbocycles. The van der Waals surface area contributed by atoms with E-state index < -0.39 is 0 Å². The number of benzene rings is 2. The summed E-state index contributed by atoms with van der Waals surface area (Å²) in [6.07, 6.45) is 1.80. The number of nitrogens with zero attached hydrogens (tertiary/aromatic N) is 2. The molecule has 4 heteroatoms. The van der Waals surface area contributed by atoms with Gasteiger partial charge in [0.25, 0.3) is 0 Å². The van der Waals surface area contributed by atoms with Crippen LogP contribution in [0.15, 0.2) is 48.7 Å². The number of rotatable bonds is 1. The number of nitrogen functional groups attached to an aromatic ring is 1. The molecule has 0 radical (unpaired) electrons. The molecule has 0 aliphatic rings. The Morgan fingerprint density at radius 3 is 2.82 bits per heavy atom. The van der Waals surface area contributed by atoms with Crippen LogP contribution in [0, 0.1) is 0 Å². The lowest BCUT2D eigenvalue weighted by Crippen LogP contribution is -1.95. The molecule has 0 aliphatic heterocycles. The zero-order valence-electron chi connectivity index (χ0n) is 8.97. The number of halogens is 1. The van der Waals surface area contributed by atoms with Crippen molar-refractivity contribution < 1.29 is 0 Å².